The second kappa shape index (κ2) is 21.9. The molecule has 0 saturated heterocycles. The van der Waals surface area contributed by atoms with Gasteiger partial charge in [0.05, 0.1) is 13.7 Å². The van der Waals surface area contributed by atoms with E-state index in [9.17, 15) is 0 Å². The van der Waals surface area contributed by atoms with E-state index in [-0.39, 0.29) is 59.5 Å². The number of hydrogen-bond acceptors (Lipinski definition) is 2. The number of hydrogen-bond donors (Lipinski definition) is 0. The van der Waals surface area contributed by atoms with Crippen LogP contribution in [0.4, 0.5) is 0 Å². The number of fused-ring (bicyclic) bond motifs is 12. The maximum atomic E-state index is 8.95. The van der Waals surface area contributed by atoms with Gasteiger partial charge >= 0.3 is 0 Å². The first-order valence-corrected chi connectivity index (χ1v) is 30.8. The maximum Gasteiger partial charge on any atom is 0.143 e. The van der Waals surface area contributed by atoms with Crippen LogP contribution in [0.5, 0.6) is 0 Å². The van der Waals surface area contributed by atoms with Gasteiger partial charge in [-0.05, 0) is 198 Å². The molecular formula is C90H56O2. The van der Waals surface area contributed by atoms with E-state index in [4.69, 9.17) is 22.5 Å². The Labute approximate surface area is 545 Å². The van der Waals surface area contributed by atoms with Gasteiger partial charge in [-0.25, -0.2) is 0 Å². The van der Waals surface area contributed by atoms with Crippen molar-refractivity contribution in [3.05, 3.63) is 339 Å². The van der Waals surface area contributed by atoms with Gasteiger partial charge in [-0.2, -0.15) is 0 Å². The smallest absolute Gasteiger partial charge is 0.143 e. The van der Waals surface area contributed by atoms with Crippen molar-refractivity contribution in [2.75, 3.05) is 0 Å². The summed E-state index contributed by atoms with van der Waals surface area (Å²) in [5.74, 6) is 0. The van der Waals surface area contributed by atoms with E-state index in [0.29, 0.717) is 11.1 Å². The summed E-state index contributed by atoms with van der Waals surface area (Å²) >= 11 is 0. The van der Waals surface area contributed by atoms with E-state index in [1.807, 2.05) is 121 Å². The molecular weight excluding hydrogens is 1110 g/mol. The molecule has 0 aliphatic heterocycles. The van der Waals surface area contributed by atoms with Crippen LogP contribution in [0.2, 0.25) is 0 Å². The van der Waals surface area contributed by atoms with E-state index < -0.39 is 12.1 Å². The second-order valence-electron chi connectivity index (χ2n) is 23.3. The van der Waals surface area contributed by atoms with Crippen molar-refractivity contribution in [1.82, 2.24) is 0 Å². The lowest BCUT2D eigenvalue weighted by Gasteiger charge is -2.19. The molecule has 0 atom stereocenters. The summed E-state index contributed by atoms with van der Waals surface area (Å²) in [7, 11) is 0. The van der Waals surface area contributed by atoms with Crippen LogP contribution in [0.15, 0.2) is 348 Å². The third-order valence-corrected chi connectivity index (χ3v) is 18.2. The van der Waals surface area contributed by atoms with Crippen LogP contribution in [0.25, 0.3) is 186 Å². The monoisotopic (exact) mass is 1180 g/mol. The van der Waals surface area contributed by atoms with Gasteiger partial charge in [0.2, 0.25) is 0 Å². The third kappa shape index (κ3) is 8.79. The van der Waals surface area contributed by atoms with Gasteiger partial charge < -0.3 is 8.83 Å². The molecule has 2 nitrogen and oxygen atoms in total. The van der Waals surface area contributed by atoms with Gasteiger partial charge in [-0.15, -0.1) is 0 Å². The molecule has 428 valence electrons. The summed E-state index contributed by atoms with van der Waals surface area (Å²) in [5, 5.41) is 15.7. The lowest BCUT2D eigenvalue weighted by molar-refractivity contribution is 0.669. The summed E-state index contributed by atoms with van der Waals surface area (Å²) in [6, 6.07) is 92.4. The predicted octanol–water partition coefficient (Wildman–Crippen LogP) is 25.8. The van der Waals surface area contributed by atoms with Gasteiger partial charge in [-0.3, -0.25) is 0 Å². The van der Waals surface area contributed by atoms with Crippen molar-refractivity contribution in [2.45, 2.75) is 0 Å². The fraction of sp³-hybridized carbons (Fsp3) is 0. The van der Waals surface area contributed by atoms with Gasteiger partial charge in [0, 0.05) is 27.1 Å². The molecule has 0 fully saturated rings. The van der Waals surface area contributed by atoms with Crippen molar-refractivity contribution in [1.29, 1.82) is 0 Å². The first-order chi connectivity index (χ1) is 49.8. The van der Waals surface area contributed by atoms with Crippen molar-refractivity contribution in [3.8, 4) is 77.9 Å². The summed E-state index contributed by atoms with van der Waals surface area (Å²) in [6.07, 6.45) is 0. The minimum atomic E-state index is -0.403. The zero-order valence-electron chi connectivity index (χ0n) is 59.4. The average molecular weight is 1180 g/mol. The SMILES string of the molecule is [2H]c1c([2H])c([2H])c(-c2c3ccccc3c(-c3cc(-c4cc(-c5ccccc5)c5oc6ccccc6c5c4)c4ccccc4c3)c3ccccc23)c([2H])c1[2H].[2H]c1c([2H])c([2H])c(-c2c3ccccc3c(-c3cc(-c4ccc5oc6ccccc6c5c4)c4ccccc4c3)c3ccccc23)c([2H])c1[2H]. The zero-order chi connectivity index (χ0) is 69.3. The summed E-state index contributed by atoms with van der Waals surface area (Å²) < 4.78 is 98.6. The van der Waals surface area contributed by atoms with E-state index in [0.717, 1.165) is 164 Å². The van der Waals surface area contributed by atoms with Gasteiger partial charge in [0.1, 0.15) is 22.3 Å². The topological polar surface area (TPSA) is 26.3 Å². The third-order valence-electron chi connectivity index (χ3n) is 18.2. The number of benzene rings is 17. The standard InChI is InChI=1S/C48H30O.C42H26O/c1-3-15-31(16-4-1)43-28-34(29-44-37-21-13-14-26-45(37)49-48(43)44)42-30-35(27-33-19-7-8-20-36(33)42)47-40-24-11-9-22-38(40)46(32-17-5-2-6-18-32)39-23-10-12-25-41(39)47;1-2-12-27(13-3-1)41-33-17-6-8-19-35(33)42(36-20-9-7-18-34(36)41)30-24-28-14-4-5-15-31(28)37(26-30)29-22-23-40-38(25-29)32-16-10-11-21-39(32)43-40/h1-30H;1-26H/i2D,5D,6D,17D,18D;1D,2D,3D,12D,13D. The van der Waals surface area contributed by atoms with Crippen LogP contribution in [0.3, 0.4) is 0 Å². The highest BCUT2D eigenvalue weighted by molar-refractivity contribution is 6.24. The van der Waals surface area contributed by atoms with Crippen molar-refractivity contribution >= 4 is 109 Å². The molecule has 0 unspecified atom stereocenters. The van der Waals surface area contributed by atoms with Crippen molar-refractivity contribution in [2.24, 2.45) is 0 Å². The van der Waals surface area contributed by atoms with E-state index in [2.05, 4.69) is 158 Å². The molecule has 0 aliphatic rings. The average Bonchev–Trinajstić information content (AvgIpc) is 1.07. The molecule has 0 amide bonds. The molecule has 0 N–H and O–H groups in total. The van der Waals surface area contributed by atoms with Crippen LogP contribution >= 0.6 is 0 Å². The fourth-order valence-electron chi connectivity index (χ4n) is 14.3. The number of para-hydroxylation sites is 2. The molecule has 0 saturated carbocycles. The molecule has 92 heavy (non-hydrogen) atoms. The minimum absolute atomic E-state index is 0.202. The van der Waals surface area contributed by atoms with Crippen molar-refractivity contribution < 1.29 is 22.5 Å². The molecule has 2 heterocycles. The van der Waals surface area contributed by atoms with Gasteiger partial charge in [0.15, 0.2) is 0 Å². The Morgan fingerprint density at radius 3 is 1.02 bits per heavy atom. The molecule has 19 aromatic rings. The van der Waals surface area contributed by atoms with E-state index in [1.165, 1.54) is 0 Å². The lowest BCUT2D eigenvalue weighted by Crippen LogP contribution is -1.92. The summed E-state index contributed by atoms with van der Waals surface area (Å²) in [5.41, 5.74) is 15.6. The Kier molecular flexibility index (Phi) is 10.4. The van der Waals surface area contributed by atoms with Crippen LogP contribution < -0.4 is 0 Å². The zero-order valence-corrected chi connectivity index (χ0v) is 49.4. The van der Waals surface area contributed by atoms with Crippen LogP contribution in [-0.4, -0.2) is 0 Å². The first-order valence-electron chi connectivity index (χ1n) is 35.8. The molecule has 2 heteroatoms. The Morgan fingerprint density at radius 1 is 0.196 bits per heavy atom. The van der Waals surface area contributed by atoms with Gasteiger partial charge in [0.25, 0.3) is 0 Å². The van der Waals surface area contributed by atoms with Crippen molar-refractivity contribution in [3.63, 3.8) is 0 Å². The molecule has 17 aromatic carbocycles. The summed E-state index contributed by atoms with van der Waals surface area (Å²) in [4.78, 5) is 0. The van der Waals surface area contributed by atoms with Crippen LogP contribution in [0, 0.1) is 0 Å². The molecule has 2 aromatic heterocycles. The highest BCUT2D eigenvalue weighted by Gasteiger charge is 2.23. The first kappa shape index (κ1) is 43.5. The highest BCUT2D eigenvalue weighted by atomic mass is 16.3. The van der Waals surface area contributed by atoms with E-state index in [1.54, 1.807) is 0 Å². The lowest BCUT2D eigenvalue weighted by atomic mass is 9.84. The van der Waals surface area contributed by atoms with Crippen LogP contribution in [-0.2, 0) is 0 Å². The fourth-order valence-corrected chi connectivity index (χ4v) is 14.3. The van der Waals surface area contributed by atoms with Crippen LogP contribution in [0.1, 0.15) is 13.7 Å². The number of rotatable bonds is 7. The Hall–Kier alpha value is -12.1. The minimum Gasteiger partial charge on any atom is -0.456 e. The van der Waals surface area contributed by atoms with Gasteiger partial charge in [-0.1, -0.05) is 279 Å². The molecule has 0 bridgehead atoms. The highest BCUT2D eigenvalue weighted by Crippen LogP contribution is 2.49. The molecule has 19 rings (SSSR count). The second-order valence-corrected chi connectivity index (χ2v) is 23.3. The maximum absolute atomic E-state index is 8.95. The summed E-state index contributed by atoms with van der Waals surface area (Å²) in [6.45, 7) is 0. The predicted molar refractivity (Wildman–Crippen MR) is 391 cm³/mol. The molecule has 0 spiro atoms. The quantitative estimate of drug-likeness (QED) is 0.149. The molecule has 0 aliphatic carbocycles. The number of furan rings is 2. The largest absolute Gasteiger partial charge is 0.456 e. The molecule has 0 radical (unpaired) electrons. The Bertz CT molecular complexity index is 6600. The Balaban J connectivity index is 0.000000147. The Morgan fingerprint density at radius 2 is 0.543 bits per heavy atom. The van der Waals surface area contributed by atoms with E-state index >= 15 is 0 Å². The normalized spacial score (nSPS) is 13.2.